The number of halogens is 2. The van der Waals surface area contributed by atoms with Gasteiger partial charge < -0.3 is 0 Å². The predicted octanol–water partition coefficient (Wildman–Crippen LogP) is 2.27. The molecular weight excluding hydrogens is 288 g/mol. The lowest BCUT2D eigenvalue weighted by Gasteiger charge is -2.02. The molecule has 0 atom stereocenters. The summed E-state index contributed by atoms with van der Waals surface area (Å²) in [5.41, 5.74) is 2.57. The summed E-state index contributed by atoms with van der Waals surface area (Å²) in [5, 5.41) is 20.5. The van der Waals surface area contributed by atoms with E-state index in [1.807, 2.05) is 0 Å². The van der Waals surface area contributed by atoms with Crippen molar-refractivity contribution in [3.8, 4) is 12.1 Å². The van der Waals surface area contributed by atoms with E-state index in [9.17, 15) is 13.6 Å². The molecule has 1 N–H and O–H groups in total. The highest BCUT2D eigenvalue weighted by atomic mass is 32.1. The molecule has 100 valence electrons. The summed E-state index contributed by atoms with van der Waals surface area (Å²) in [6.07, 6.45) is 0. The third-order valence-electron chi connectivity index (χ3n) is 2.32. The van der Waals surface area contributed by atoms with Crippen molar-refractivity contribution in [2.75, 3.05) is 5.43 Å². The van der Waals surface area contributed by atoms with Crippen LogP contribution in [0.15, 0.2) is 28.1 Å². The van der Waals surface area contributed by atoms with Crippen LogP contribution in [-0.4, -0.2) is 10.3 Å². The highest BCUT2D eigenvalue weighted by Gasteiger charge is 2.15. The summed E-state index contributed by atoms with van der Waals surface area (Å²) < 4.78 is 26.1. The van der Waals surface area contributed by atoms with Gasteiger partial charge in [-0.05, 0) is 18.2 Å². The Balaban J connectivity index is 2.42. The Morgan fingerprint density at radius 2 is 2.10 bits per heavy atom. The molecule has 2 aromatic rings. The Bertz CT molecular complexity index is 808. The van der Waals surface area contributed by atoms with Crippen LogP contribution >= 0.6 is 11.3 Å². The maximum Gasteiger partial charge on any atom is 0.322 e. The van der Waals surface area contributed by atoms with Crippen LogP contribution in [0, 0.1) is 22.7 Å². The Labute approximate surface area is 114 Å². The van der Waals surface area contributed by atoms with E-state index in [-0.39, 0.29) is 11.2 Å². The zero-order valence-corrected chi connectivity index (χ0v) is 10.5. The second-order valence-corrected chi connectivity index (χ2v) is 4.49. The number of alkyl halides is 2. The van der Waals surface area contributed by atoms with Gasteiger partial charge in [0.2, 0.25) is 5.71 Å². The van der Waals surface area contributed by atoms with E-state index in [0.29, 0.717) is 26.3 Å². The fourth-order valence-corrected chi connectivity index (χ4v) is 2.41. The minimum Gasteiger partial charge on any atom is -0.276 e. The summed E-state index contributed by atoms with van der Waals surface area (Å²) in [6, 6.07) is 7.33. The smallest absolute Gasteiger partial charge is 0.276 e. The minimum atomic E-state index is -2.91. The second-order valence-electron chi connectivity index (χ2n) is 3.49. The number of hydrazone groups is 1. The van der Waals surface area contributed by atoms with E-state index in [0.717, 1.165) is 0 Å². The summed E-state index contributed by atoms with van der Waals surface area (Å²) >= 11 is 0.676. The van der Waals surface area contributed by atoms with Crippen LogP contribution in [-0.2, 0) is 0 Å². The van der Waals surface area contributed by atoms with Crippen molar-refractivity contribution in [1.29, 1.82) is 10.5 Å². The summed E-state index contributed by atoms with van der Waals surface area (Å²) in [7, 11) is 0. The van der Waals surface area contributed by atoms with E-state index in [1.165, 1.54) is 18.2 Å². The second kappa shape index (κ2) is 5.47. The molecule has 0 saturated carbocycles. The molecule has 0 aliphatic heterocycles. The van der Waals surface area contributed by atoms with Crippen LogP contribution in [0.4, 0.5) is 14.5 Å². The monoisotopic (exact) mass is 293 g/mol. The Hall–Kier alpha value is -2.78. The quantitative estimate of drug-likeness (QED) is 0.693. The maximum atomic E-state index is 12.7. The van der Waals surface area contributed by atoms with Crippen LogP contribution in [0.5, 0.6) is 0 Å². The van der Waals surface area contributed by atoms with Crippen molar-refractivity contribution in [3.05, 3.63) is 27.9 Å². The summed E-state index contributed by atoms with van der Waals surface area (Å²) in [6.45, 7) is -2.91. The van der Waals surface area contributed by atoms with E-state index >= 15 is 0 Å². The van der Waals surface area contributed by atoms with Crippen molar-refractivity contribution in [2.24, 2.45) is 5.10 Å². The molecule has 0 fully saturated rings. The molecule has 0 aliphatic rings. The zero-order chi connectivity index (χ0) is 14.7. The van der Waals surface area contributed by atoms with Crippen LogP contribution in [0.25, 0.3) is 10.2 Å². The van der Waals surface area contributed by atoms with E-state index in [2.05, 4.69) is 10.5 Å². The Morgan fingerprint density at radius 3 is 2.70 bits per heavy atom. The fourth-order valence-electron chi connectivity index (χ4n) is 1.49. The van der Waals surface area contributed by atoms with Crippen LogP contribution in [0.3, 0.4) is 0 Å². The maximum absolute atomic E-state index is 12.7. The van der Waals surface area contributed by atoms with E-state index < -0.39 is 11.4 Å². The van der Waals surface area contributed by atoms with Gasteiger partial charge in [0, 0.05) is 0 Å². The van der Waals surface area contributed by atoms with Crippen molar-refractivity contribution in [1.82, 2.24) is 4.57 Å². The molecule has 0 radical (unpaired) electrons. The first-order chi connectivity index (χ1) is 9.56. The molecule has 20 heavy (non-hydrogen) atoms. The topological polar surface area (TPSA) is 94.0 Å². The highest BCUT2D eigenvalue weighted by Crippen LogP contribution is 2.25. The summed E-state index contributed by atoms with van der Waals surface area (Å²) in [4.78, 5) is 10.7. The number of nitrogens with one attached hydrogen (secondary N) is 1. The number of thiazole rings is 1. The van der Waals surface area contributed by atoms with Crippen molar-refractivity contribution in [3.63, 3.8) is 0 Å². The first-order valence-corrected chi connectivity index (χ1v) is 5.95. The Kier molecular flexibility index (Phi) is 3.73. The molecule has 0 spiro atoms. The predicted molar refractivity (Wildman–Crippen MR) is 69.6 cm³/mol. The molecule has 0 bridgehead atoms. The molecule has 2 rings (SSSR count). The highest BCUT2D eigenvalue weighted by molar-refractivity contribution is 7.16. The number of anilines is 1. The SMILES string of the molecule is N#CC(C#N)=NNc1ccc2c(c1)sc(=O)n2C(F)F. The summed E-state index contributed by atoms with van der Waals surface area (Å²) in [5.74, 6) is 0. The van der Waals surface area contributed by atoms with Gasteiger partial charge in [-0.15, -0.1) is 0 Å². The number of rotatable bonds is 3. The fraction of sp³-hybridized carbons (Fsp3) is 0.0909. The third kappa shape index (κ3) is 2.48. The van der Waals surface area contributed by atoms with Gasteiger partial charge in [0.1, 0.15) is 12.1 Å². The van der Waals surface area contributed by atoms with Gasteiger partial charge in [0.15, 0.2) is 0 Å². The minimum absolute atomic E-state index is 0.116. The number of nitriles is 2. The molecule has 0 saturated heterocycles. The lowest BCUT2D eigenvalue weighted by Crippen LogP contribution is -2.12. The van der Waals surface area contributed by atoms with Gasteiger partial charge in [-0.2, -0.15) is 24.4 Å². The standard InChI is InChI=1S/C11H5F2N5OS/c12-10(13)18-8-2-1-6(3-9(8)20-11(18)19)16-17-7(4-14)5-15/h1-3,10,16H. The normalized spacial score (nSPS) is 10.1. The van der Waals surface area contributed by atoms with Gasteiger partial charge in [-0.25, -0.2) is 4.57 Å². The van der Waals surface area contributed by atoms with Gasteiger partial charge in [-0.3, -0.25) is 10.2 Å². The van der Waals surface area contributed by atoms with Gasteiger partial charge in [-0.1, -0.05) is 11.3 Å². The largest absolute Gasteiger partial charge is 0.322 e. The van der Waals surface area contributed by atoms with E-state index in [4.69, 9.17) is 10.5 Å². The zero-order valence-electron chi connectivity index (χ0n) is 9.67. The molecule has 0 amide bonds. The third-order valence-corrected chi connectivity index (χ3v) is 3.24. The molecule has 9 heteroatoms. The van der Waals surface area contributed by atoms with Crippen LogP contribution in [0.2, 0.25) is 0 Å². The average molecular weight is 293 g/mol. The molecule has 1 aromatic carbocycles. The number of aromatic nitrogens is 1. The van der Waals surface area contributed by atoms with Crippen LogP contribution < -0.4 is 10.3 Å². The number of hydrogen-bond donors (Lipinski definition) is 1. The Morgan fingerprint density at radius 1 is 1.40 bits per heavy atom. The van der Waals surface area contributed by atoms with Crippen molar-refractivity contribution in [2.45, 2.75) is 6.55 Å². The molecule has 0 unspecified atom stereocenters. The van der Waals surface area contributed by atoms with E-state index in [1.54, 1.807) is 12.1 Å². The van der Waals surface area contributed by atoms with Gasteiger partial charge >= 0.3 is 11.4 Å². The van der Waals surface area contributed by atoms with Crippen molar-refractivity contribution >= 4 is 33.0 Å². The van der Waals surface area contributed by atoms with Crippen molar-refractivity contribution < 1.29 is 8.78 Å². The molecular formula is C11H5F2N5OS. The molecule has 0 aliphatic carbocycles. The first kappa shape index (κ1) is 13.6. The molecule has 1 heterocycles. The molecule has 1 aromatic heterocycles. The lowest BCUT2D eigenvalue weighted by molar-refractivity contribution is 0.0729. The van der Waals surface area contributed by atoms with Crippen LogP contribution in [0.1, 0.15) is 6.55 Å². The number of benzene rings is 1. The van der Waals surface area contributed by atoms with Gasteiger partial charge in [0.25, 0.3) is 0 Å². The first-order valence-electron chi connectivity index (χ1n) is 5.14. The lowest BCUT2D eigenvalue weighted by atomic mass is 10.3. The average Bonchev–Trinajstić information content (AvgIpc) is 2.75. The van der Waals surface area contributed by atoms with Gasteiger partial charge in [0.05, 0.1) is 15.9 Å². The number of fused-ring (bicyclic) bond motifs is 1. The number of nitrogens with zero attached hydrogens (tertiary/aromatic N) is 4. The number of hydrogen-bond acceptors (Lipinski definition) is 6. The molecule has 6 nitrogen and oxygen atoms in total.